The smallest absolute Gasteiger partial charge is 0.255 e. The Morgan fingerprint density at radius 3 is 2.54 bits per heavy atom. The molecule has 3 aromatic rings. The summed E-state index contributed by atoms with van der Waals surface area (Å²) in [6.45, 7) is 3.88. The van der Waals surface area contributed by atoms with Gasteiger partial charge in [0.1, 0.15) is 5.82 Å². The van der Waals surface area contributed by atoms with Crippen LogP contribution < -0.4 is 11.1 Å². The van der Waals surface area contributed by atoms with E-state index < -0.39 is 5.60 Å². The minimum Gasteiger partial charge on any atom is -0.390 e. The lowest BCUT2D eigenvalue weighted by atomic mass is 9.63. The number of likely N-dealkylation sites (tertiary alicyclic amines) is 1. The van der Waals surface area contributed by atoms with E-state index in [1.807, 2.05) is 12.3 Å². The van der Waals surface area contributed by atoms with Crippen molar-refractivity contribution in [3.63, 3.8) is 0 Å². The second kappa shape index (κ2) is 9.57. The quantitative estimate of drug-likeness (QED) is 0.461. The van der Waals surface area contributed by atoms with E-state index in [0.29, 0.717) is 17.6 Å². The highest BCUT2D eigenvalue weighted by Crippen LogP contribution is 2.47. The van der Waals surface area contributed by atoms with Crippen LogP contribution in [0, 0.1) is 0 Å². The number of anilines is 1. The number of ether oxygens (including phenoxy) is 1. The summed E-state index contributed by atoms with van der Waals surface area (Å²) in [4.78, 5) is 20.4. The van der Waals surface area contributed by atoms with Gasteiger partial charge in [-0.1, -0.05) is 6.07 Å². The third kappa shape index (κ3) is 4.60. The Balaban J connectivity index is 1.09. The number of nitrogens with two attached hydrogens (primary N) is 1. The molecule has 1 aromatic carbocycles. The predicted molar refractivity (Wildman–Crippen MR) is 149 cm³/mol. The highest BCUT2D eigenvalue weighted by atomic mass is 16.5. The number of benzene rings is 1. The number of aromatic nitrogens is 3. The number of aliphatic hydroxyl groups is 1. The number of fused-ring (bicyclic) bond motifs is 4. The Hall–Kier alpha value is -3.01. The highest BCUT2D eigenvalue weighted by Gasteiger charge is 2.48. The molecule has 9 nitrogen and oxygen atoms in total. The topological polar surface area (TPSA) is 119 Å². The van der Waals surface area contributed by atoms with Crippen LogP contribution >= 0.6 is 0 Å². The Morgan fingerprint density at radius 1 is 1.00 bits per heavy atom. The van der Waals surface area contributed by atoms with Gasteiger partial charge in [-0.25, -0.2) is 4.98 Å². The fourth-order valence-corrected chi connectivity index (χ4v) is 7.35. The number of hydrogen-bond donors (Lipinski definition) is 3. The Kier molecular flexibility index (Phi) is 6.13. The van der Waals surface area contributed by atoms with Crippen molar-refractivity contribution in [2.45, 2.75) is 81.0 Å². The molecule has 5 aliphatic rings. The van der Waals surface area contributed by atoms with Gasteiger partial charge in [-0.15, -0.1) is 0 Å². The van der Waals surface area contributed by atoms with E-state index in [1.165, 1.54) is 0 Å². The van der Waals surface area contributed by atoms with Crippen LogP contribution in [-0.4, -0.2) is 74.2 Å². The normalized spacial score (nSPS) is 29.7. The van der Waals surface area contributed by atoms with Crippen molar-refractivity contribution in [1.82, 2.24) is 25.0 Å². The van der Waals surface area contributed by atoms with Crippen molar-refractivity contribution >= 4 is 22.6 Å². The van der Waals surface area contributed by atoms with Gasteiger partial charge < -0.3 is 20.9 Å². The largest absolute Gasteiger partial charge is 0.390 e. The number of nitrogens with zero attached hydrogens (tertiary/aromatic N) is 4. The lowest BCUT2D eigenvalue weighted by molar-refractivity contribution is -0.0702. The molecule has 4 N–H and O–H groups in total. The predicted octanol–water partition coefficient (Wildman–Crippen LogP) is 3.67. The average molecular weight is 531 g/mol. The van der Waals surface area contributed by atoms with Gasteiger partial charge in [0.15, 0.2) is 0 Å². The summed E-state index contributed by atoms with van der Waals surface area (Å²) in [5.74, 6) is 0.0541. The second-order valence-corrected chi connectivity index (χ2v) is 12.3. The van der Waals surface area contributed by atoms with Crippen LogP contribution in [0.3, 0.4) is 0 Å². The van der Waals surface area contributed by atoms with Crippen LogP contribution in [0.5, 0.6) is 0 Å². The molecular weight excluding hydrogens is 492 g/mol. The summed E-state index contributed by atoms with van der Waals surface area (Å²) in [6.07, 6.45) is 11.7. The second-order valence-electron chi connectivity index (χ2n) is 12.3. The third-order valence-corrected chi connectivity index (χ3v) is 9.93. The first kappa shape index (κ1) is 25.0. The monoisotopic (exact) mass is 530 g/mol. The minimum atomic E-state index is -0.540. The van der Waals surface area contributed by atoms with E-state index in [-0.39, 0.29) is 17.3 Å². The zero-order valence-corrected chi connectivity index (χ0v) is 22.4. The van der Waals surface area contributed by atoms with Crippen LogP contribution in [0.1, 0.15) is 74.2 Å². The number of nitrogen functional groups attached to an aromatic ring is 1. The van der Waals surface area contributed by atoms with Crippen LogP contribution in [-0.2, 0) is 4.74 Å². The zero-order valence-electron chi connectivity index (χ0n) is 22.4. The molecule has 3 saturated carbocycles. The van der Waals surface area contributed by atoms with Gasteiger partial charge in [-0.05, 0) is 81.5 Å². The molecular formula is C30H38N6O3. The van der Waals surface area contributed by atoms with E-state index >= 15 is 0 Å². The van der Waals surface area contributed by atoms with E-state index in [9.17, 15) is 9.90 Å². The molecule has 2 aliphatic heterocycles. The maximum absolute atomic E-state index is 13.4. The van der Waals surface area contributed by atoms with E-state index in [2.05, 4.69) is 38.1 Å². The number of hydrogen-bond acceptors (Lipinski definition) is 7. The number of carbonyl (C=O) groups is 1. The highest BCUT2D eigenvalue weighted by molar-refractivity contribution is 6.00. The van der Waals surface area contributed by atoms with Gasteiger partial charge in [0.05, 0.1) is 28.9 Å². The average Bonchev–Trinajstić information content (AvgIpc) is 3.62. The molecule has 3 aliphatic carbocycles. The molecule has 0 unspecified atom stereocenters. The molecule has 9 heteroatoms. The van der Waals surface area contributed by atoms with Crippen LogP contribution in [0.2, 0.25) is 0 Å². The van der Waals surface area contributed by atoms with Crippen molar-refractivity contribution in [2.24, 2.45) is 0 Å². The molecule has 8 rings (SSSR count). The molecule has 1 atom stereocenters. The van der Waals surface area contributed by atoms with Crippen LogP contribution in [0.15, 0.2) is 36.7 Å². The molecule has 4 heterocycles. The summed E-state index contributed by atoms with van der Waals surface area (Å²) in [5, 5.41) is 19.7. The van der Waals surface area contributed by atoms with Crippen molar-refractivity contribution in [2.75, 3.05) is 32.0 Å². The summed E-state index contributed by atoms with van der Waals surface area (Å²) in [6, 6.07) is 9.20. The third-order valence-electron chi connectivity index (χ3n) is 9.93. The molecule has 5 fully saturated rings. The first-order valence-corrected chi connectivity index (χ1v) is 14.5. The number of carbonyl (C=O) groups excluding carboxylic acids is 1. The standard InChI is InChI=1S/C30H38N6O3/c31-27-25(28(37)34-29-6-9-30(38,10-7-29)11-8-29)16-21(17-32-27)20-1-2-26-22(15-20)18-33-36(26)24-3-12-35(19-24)23-4-13-39-14-5-23/h1-2,15-18,23-24,38H,3-14,19H2,(H2,31,32)(H,34,37)/t24-,29?,30?/m1/s1. The van der Waals surface area contributed by atoms with Gasteiger partial charge in [-0.2, -0.15) is 5.10 Å². The van der Waals surface area contributed by atoms with E-state index in [4.69, 9.17) is 15.6 Å². The maximum atomic E-state index is 13.4. The number of amides is 1. The van der Waals surface area contributed by atoms with E-state index in [0.717, 1.165) is 106 Å². The lowest BCUT2D eigenvalue weighted by Crippen LogP contribution is -2.58. The van der Waals surface area contributed by atoms with Crippen LogP contribution in [0.25, 0.3) is 22.0 Å². The SMILES string of the molecule is Nc1ncc(-c2ccc3c(cnn3[C@@H]3CCN(C4CCOCC4)C3)c2)cc1C(=O)NC12CCC(O)(CC1)CC2. The molecule has 1 amide bonds. The fourth-order valence-electron chi connectivity index (χ4n) is 7.35. The van der Waals surface area contributed by atoms with Gasteiger partial charge in [-0.3, -0.25) is 14.4 Å². The summed E-state index contributed by atoms with van der Waals surface area (Å²) >= 11 is 0. The van der Waals surface area contributed by atoms with Crippen molar-refractivity contribution in [3.8, 4) is 11.1 Å². The number of nitrogens with one attached hydrogen (secondary N) is 1. The van der Waals surface area contributed by atoms with Gasteiger partial charge in [0.25, 0.3) is 5.91 Å². The zero-order chi connectivity index (χ0) is 26.6. The fraction of sp³-hybridized carbons (Fsp3) is 0.567. The molecule has 2 aromatic heterocycles. The van der Waals surface area contributed by atoms with Gasteiger partial charge >= 0.3 is 0 Å². The number of rotatable bonds is 5. The Bertz CT molecular complexity index is 1370. The first-order chi connectivity index (χ1) is 18.9. The molecule has 206 valence electrons. The van der Waals surface area contributed by atoms with Crippen molar-refractivity contribution in [3.05, 3.63) is 42.2 Å². The van der Waals surface area contributed by atoms with Gasteiger partial charge in [0.2, 0.25) is 0 Å². The van der Waals surface area contributed by atoms with Crippen LogP contribution in [0.4, 0.5) is 5.82 Å². The Labute approximate surface area is 228 Å². The summed E-state index contributed by atoms with van der Waals surface area (Å²) in [5.41, 5.74) is 8.77. The molecule has 2 saturated heterocycles. The summed E-state index contributed by atoms with van der Waals surface area (Å²) in [7, 11) is 0. The summed E-state index contributed by atoms with van der Waals surface area (Å²) < 4.78 is 7.74. The van der Waals surface area contributed by atoms with Gasteiger partial charge in [0, 0.05) is 55.0 Å². The molecule has 39 heavy (non-hydrogen) atoms. The molecule has 2 bridgehead atoms. The minimum absolute atomic E-state index is 0.182. The number of pyridine rings is 1. The molecule has 0 spiro atoms. The first-order valence-electron chi connectivity index (χ1n) is 14.5. The van der Waals surface area contributed by atoms with Crippen molar-refractivity contribution < 1.29 is 14.6 Å². The van der Waals surface area contributed by atoms with E-state index in [1.54, 1.807) is 6.20 Å². The lowest BCUT2D eigenvalue weighted by Gasteiger charge is -2.51. The van der Waals surface area contributed by atoms with Crippen molar-refractivity contribution in [1.29, 1.82) is 0 Å². The Morgan fingerprint density at radius 2 is 1.77 bits per heavy atom. The maximum Gasteiger partial charge on any atom is 0.255 e. The molecule has 0 radical (unpaired) electrons.